The maximum Gasteiger partial charge on any atom is 0.104 e. The SMILES string of the molecule is CCC=C1N(C)C2=CCC(C)CC2=NC12CCN(c1cccc(C#N)c1)CC2. The van der Waals surface area contributed by atoms with Crippen LogP contribution in [0.3, 0.4) is 0 Å². The Hall–Kier alpha value is -2.54. The molecule has 0 bridgehead atoms. The van der Waals surface area contributed by atoms with Crippen LogP contribution in [-0.2, 0) is 0 Å². The van der Waals surface area contributed by atoms with Crippen LogP contribution in [0, 0.1) is 17.2 Å². The minimum absolute atomic E-state index is 0.0994. The van der Waals surface area contributed by atoms with Crippen LogP contribution in [0.15, 0.2) is 52.8 Å². The predicted octanol–water partition coefficient (Wildman–Crippen LogP) is 4.89. The molecule has 0 N–H and O–H groups in total. The Bertz CT molecular complexity index is 878. The molecule has 1 fully saturated rings. The Balaban J connectivity index is 1.64. The Morgan fingerprint density at radius 1 is 1.32 bits per heavy atom. The predicted molar refractivity (Wildman–Crippen MR) is 115 cm³/mol. The molecule has 1 saturated heterocycles. The second-order valence-corrected chi connectivity index (χ2v) is 8.43. The molecule has 1 aromatic carbocycles. The van der Waals surface area contributed by atoms with Gasteiger partial charge in [-0.3, -0.25) is 4.99 Å². The van der Waals surface area contributed by atoms with E-state index in [9.17, 15) is 5.26 Å². The molecule has 0 radical (unpaired) electrons. The first-order valence-corrected chi connectivity index (χ1v) is 10.5. The third kappa shape index (κ3) is 3.24. The number of allylic oxidation sites excluding steroid dienone is 3. The van der Waals surface area contributed by atoms with Crippen LogP contribution in [0.1, 0.15) is 51.5 Å². The van der Waals surface area contributed by atoms with Crippen molar-refractivity contribution in [2.24, 2.45) is 10.9 Å². The number of hydrogen-bond donors (Lipinski definition) is 0. The van der Waals surface area contributed by atoms with E-state index in [-0.39, 0.29) is 5.54 Å². The smallest absolute Gasteiger partial charge is 0.104 e. The van der Waals surface area contributed by atoms with Crippen molar-refractivity contribution in [2.45, 2.75) is 51.5 Å². The third-order valence-corrected chi connectivity index (χ3v) is 6.43. The highest BCUT2D eigenvalue weighted by Gasteiger charge is 2.44. The Labute approximate surface area is 168 Å². The fourth-order valence-electron chi connectivity index (χ4n) is 4.93. The zero-order valence-corrected chi connectivity index (χ0v) is 17.3. The van der Waals surface area contributed by atoms with Gasteiger partial charge in [0.25, 0.3) is 0 Å². The lowest BCUT2D eigenvalue weighted by Crippen LogP contribution is -2.51. The zero-order chi connectivity index (χ0) is 19.7. The summed E-state index contributed by atoms with van der Waals surface area (Å²) in [5, 5.41) is 9.21. The summed E-state index contributed by atoms with van der Waals surface area (Å²) in [6.07, 6.45) is 10.1. The van der Waals surface area contributed by atoms with Crippen molar-refractivity contribution in [3.05, 3.63) is 53.4 Å². The summed E-state index contributed by atoms with van der Waals surface area (Å²) in [5.41, 5.74) is 5.79. The second kappa shape index (κ2) is 7.47. The van der Waals surface area contributed by atoms with E-state index in [0.29, 0.717) is 5.92 Å². The van der Waals surface area contributed by atoms with Crippen LogP contribution in [0.4, 0.5) is 5.69 Å². The summed E-state index contributed by atoms with van der Waals surface area (Å²) in [5.74, 6) is 0.679. The quantitative estimate of drug-likeness (QED) is 0.740. The van der Waals surface area contributed by atoms with Gasteiger partial charge in [-0.2, -0.15) is 5.26 Å². The van der Waals surface area contributed by atoms with Gasteiger partial charge in [-0.25, -0.2) is 0 Å². The third-order valence-electron chi connectivity index (χ3n) is 6.43. The molecule has 3 aliphatic rings. The molecule has 1 atom stereocenters. The molecule has 1 aliphatic carbocycles. The van der Waals surface area contributed by atoms with E-state index in [2.05, 4.69) is 55.0 Å². The van der Waals surface area contributed by atoms with Crippen molar-refractivity contribution >= 4 is 11.4 Å². The van der Waals surface area contributed by atoms with Gasteiger partial charge in [0.15, 0.2) is 0 Å². The van der Waals surface area contributed by atoms with Gasteiger partial charge in [0.1, 0.15) is 5.54 Å². The normalized spacial score (nSPS) is 25.2. The molecular formula is C24H30N4. The van der Waals surface area contributed by atoms with Crippen LogP contribution < -0.4 is 4.90 Å². The summed E-state index contributed by atoms with van der Waals surface area (Å²) < 4.78 is 0. The fraction of sp³-hybridized carbons (Fsp3) is 0.500. The minimum Gasteiger partial charge on any atom is -0.371 e. The Morgan fingerprint density at radius 2 is 2.11 bits per heavy atom. The van der Waals surface area contributed by atoms with E-state index in [0.717, 1.165) is 56.4 Å². The van der Waals surface area contributed by atoms with Gasteiger partial charge in [0.05, 0.1) is 23.0 Å². The second-order valence-electron chi connectivity index (χ2n) is 8.43. The molecular weight excluding hydrogens is 344 g/mol. The van der Waals surface area contributed by atoms with E-state index in [1.807, 2.05) is 18.2 Å². The van der Waals surface area contributed by atoms with E-state index < -0.39 is 0 Å². The van der Waals surface area contributed by atoms with Crippen LogP contribution in [0.5, 0.6) is 0 Å². The molecule has 4 nitrogen and oxygen atoms in total. The molecule has 2 aliphatic heterocycles. The maximum atomic E-state index is 9.21. The van der Waals surface area contributed by atoms with E-state index in [4.69, 9.17) is 4.99 Å². The van der Waals surface area contributed by atoms with E-state index >= 15 is 0 Å². The number of nitriles is 1. The average Bonchev–Trinajstić information content (AvgIpc) is 2.71. The lowest BCUT2D eigenvalue weighted by Gasteiger charge is -2.49. The molecule has 0 amide bonds. The average molecular weight is 375 g/mol. The summed E-state index contributed by atoms with van der Waals surface area (Å²) in [6, 6.07) is 10.2. The first kappa shape index (κ1) is 18.8. The number of benzene rings is 1. The number of piperidine rings is 1. The van der Waals surface area contributed by atoms with Crippen molar-refractivity contribution in [3.8, 4) is 6.07 Å². The number of anilines is 1. The fourth-order valence-corrected chi connectivity index (χ4v) is 4.93. The van der Waals surface area contributed by atoms with Crippen molar-refractivity contribution in [2.75, 3.05) is 25.0 Å². The first-order chi connectivity index (χ1) is 13.6. The molecule has 1 unspecified atom stereocenters. The topological polar surface area (TPSA) is 42.6 Å². The van der Waals surface area contributed by atoms with Gasteiger partial charge in [-0.1, -0.05) is 32.1 Å². The molecule has 4 heteroatoms. The Morgan fingerprint density at radius 3 is 2.82 bits per heavy atom. The standard InChI is InChI=1S/C24H30N4/c1-4-6-23-24(26-21-15-18(2)9-10-22(21)27(23)3)11-13-28(14-12-24)20-8-5-7-19(16-20)17-25/h5-8,10,16,18H,4,9,11-15H2,1-3H3. The van der Waals surface area contributed by atoms with Gasteiger partial charge in [0.2, 0.25) is 0 Å². The van der Waals surface area contributed by atoms with Crippen LogP contribution in [0.2, 0.25) is 0 Å². The molecule has 0 aromatic heterocycles. The summed E-state index contributed by atoms with van der Waals surface area (Å²) in [4.78, 5) is 10.2. The highest BCUT2D eigenvalue weighted by atomic mass is 15.2. The molecule has 146 valence electrons. The molecule has 2 heterocycles. The number of fused-ring (bicyclic) bond motifs is 1. The lowest BCUT2D eigenvalue weighted by atomic mass is 9.79. The summed E-state index contributed by atoms with van der Waals surface area (Å²) >= 11 is 0. The zero-order valence-electron chi connectivity index (χ0n) is 17.3. The van der Waals surface area contributed by atoms with E-state index in [1.165, 1.54) is 17.1 Å². The summed E-state index contributed by atoms with van der Waals surface area (Å²) in [6.45, 7) is 6.47. The highest BCUT2D eigenvalue weighted by molar-refractivity contribution is 6.02. The molecule has 1 spiro atoms. The van der Waals surface area contributed by atoms with Gasteiger partial charge in [0, 0.05) is 31.5 Å². The number of aliphatic imine (C=N–C) groups is 1. The van der Waals surface area contributed by atoms with Crippen molar-refractivity contribution in [3.63, 3.8) is 0 Å². The molecule has 28 heavy (non-hydrogen) atoms. The van der Waals surface area contributed by atoms with Crippen LogP contribution in [-0.4, -0.2) is 36.3 Å². The van der Waals surface area contributed by atoms with Crippen molar-refractivity contribution in [1.82, 2.24) is 4.90 Å². The number of likely N-dealkylation sites (N-methyl/N-ethyl adjacent to an activating group) is 1. The van der Waals surface area contributed by atoms with Crippen molar-refractivity contribution in [1.29, 1.82) is 5.26 Å². The van der Waals surface area contributed by atoms with Crippen molar-refractivity contribution < 1.29 is 0 Å². The maximum absolute atomic E-state index is 9.21. The van der Waals surface area contributed by atoms with Crippen LogP contribution >= 0.6 is 0 Å². The number of nitrogens with zero attached hydrogens (tertiary/aromatic N) is 4. The monoisotopic (exact) mass is 374 g/mol. The van der Waals surface area contributed by atoms with Crippen LogP contribution in [0.25, 0.3) is 0 Å². The van der Waals surface area contributed by atoms with Gasteiger partial charge in [-0.05, 0) is 56.2 Å². The number of rotatable bonds is 2. The van der Waals surface area contributed by atoms with Gasteiger partial charge < -0.3 is 9.80 Å². The Kier molecular flexibility index (Phi) is 5.02. The molecule has 0 saturated carbocycles. The largest absolute Gasteiger partial charge is 0.371 e. The van der Waals surface area contributed by atoms with Gasteiger partial charge in [-0.15, -0.1) is 0 Å². The highest BCUT2D eigenvalue weighted by Crippen LogP contribution is 2.43. The minimum atomic E-state index is -0.0994. The molecule has 1 aromatic rings. The lowest BCUT2D eigenvalue weighted by molar-refractivity contribution is 0.302. The number of hydrogen-bond acceptors (Lipinski definition) is 4. The van der Waals surface area contributed by atoms with Gasteiger partial charge >= 0.3 is 0 Å². The van der Waals surface area contributed by atoms with E-state index in [1.54, 1.807) is 0 Å². The first-order valence-electron chi connectivity index (χ1n) is 10.5. The summed E-state index contributed by atoms with van der Waals surface area (Å²) in [7, 11) is 2.22. The molecule has 4 rings (SSSR count).